The summed E-state index contributed by atoms with van der Waals surface area (Å²) < 4.78 is 38.1. The number of amides is 2. The number of anilines is 1. The van der Waals surface area contributed by atoms with Gasteiger partial charge in [-0.25, -0.2) is 19.1 Å². The molecular weight excluding hydrogens is 462 g/mol. The van der Waals surface area contributed by atoms with E-state index in [1.807, 2.05) is 0 Å². The maximum absolute atomic E-state index is 14.0. The first kappa shape index (κ1) is 27.5. The van der Waals surface area contributed by atoms with E-state index in [0.717, 1.165) is 17.7 Å². The summed E-state index contributed by atoms with van der Waals surface area (Å²) in [5.74, 6) is -2.31. The smallest absolute Gasteiger partial charge is 0.412 e. The van der Waals surface area contributed by atoms with Crippen LogP contribution in [0.25, 0.3) is 0 Å². The predicted octanol–water partition coefficient (Wildman–Crippen LogP) is 4.66. The summed E-state index contributed by atoms with van der Waals surface area (Å²) in [6, 6.07) is 9.43. The zero-order valence-corrected chi connectivity index (χ0v) is 19.5. The van der Waals surface area contributed by atoms with Crippen molar-refractivity contribution >= 4 is 17.7 Å². The van der Waals surface area contributed by atoms with Crippen LogP contribution in [-0.2, 0) is 9.53 Å². The normalized spacial score (nSPS) is 13.6. The van der Waals surface area contributed by atoms with Gasteiger partial charge in [-0.3, -0.25) is 15.3 Å². The van der Waals surface area contributed by atoms with Crippen molar-refractivity contribution in [1.82, 2.24) is 5.48 Å². The second-order valence-electron chi connectivity index (χ2n) is 7.76. The van der Waals surface area contributed by atoms with Crippen LogP contribution in [0.4, 0.5) is 19.3 Å². The van der Waals surface area contributed by atoms with Gasteiger partial charge >= 0.3 is 6.09 Å². The molecule has 0 heterocycles. The van der Waals surface area contributed by atoms with Gasteiger partial charge in [0, 0.05) is 18.1 Å². The molecule has 2 aromatic carbocycles. The van der Waals surface area contributed by atoms with E-state index < -0.39 is 35.7 Å². The summed E-state index contributed by atoms with van der Waals surface area (Å²) in [5, 5.41) is 19.9. The minimum absolute atomic E-state index is 0.121. The molecule has 0 aromatic heterocycles. The molecule has 0 aliphatic heterocycles. The van der Waals surface area contributed by atoms with E-state index in [-0.39, 0.29) is 18.9 Å². The van der Waals surface area contributed by atoms with Crippen LogP contribution in [0.5, 0.6) is 5.75 Å². The van der Waals surface area contributed by atoms with Crippen molar-refractivity contribution in [3.8, 4) is 5.75 Å². The van der Waals surface area contributed by atoms with E-state index >= 15 is 0 Å². The highest BCUT2D eigenvalue weighted by atomic mass is 19.1. The van der Waals surface area contributed by atoms with Crippen LogP contribution in [0.15, 0.2) is 65.8 Å². The third kappa shape index (κ3) is 8.51. The molecule has 10 heteroatoms. The first-order valence-electron chi connectivity index (χ1n) is 10.7. The Balaban J connectivity index is 2.31. The van der Waals surface area contributed by atoms with Gasteiger partial charge in [0.05, 0.1) is 12.3 Å². The van der Waals surface area contributed by atoms with Gasteiger partial charge in [-0.15, -0.1) is 0 Å². The molecule has 0 aliphatic carbocycles. The Bertz CT molecular complexity index is 1090. The molecule has 8 nitrogen and oxygen atoms in total. The number of benzene rings is 2. The highest BCUT2D eigenvalue weighted by molar-refractivity contribution is 5.87. The summed E-state index contributed by atoms with van der Waals surface area (Å²) in [4.78, 5) is 24.0. The zero-order valence-electron chi connectivity index (χ0n) is 19.5. The number of carbonyl (C=O) groups excluding carboxylic acids is 2. The second-order valence-corrected chi connectivity index (χ2v) is 7.76. The molecule has 0 radical (unpaired) electrons. The van der Waals surface area contributed by atoms with Crippen LogP contribution in [0.2, 0.25) is 0 Å². The molecule has 0 fully saturated rings. The van der Waals surface area contributed by atoms with Gasteiger partial charge < -0.3 is 14.6 Å². The number of hydrogen-bond acceptors (Lipinski definition) is 6. The first-order chi connectivity index (χ1) is 16.6. The molecule has 188 valence electrons. The molecule has 0 saturated heterocycles. The van der Waals surface area contributed by atoms with E-state index in [9.17, 15) is 18.4 Å². The fourth-order valence-corrected chi connectivity index (χ4v) is 3.23. The maximum Gasteiger partial charge on any atom is 0.412 e. The first-order valence-corrected chi connectivity index (χ1v) is 10.7. The lowest BCUT2D eigenvalue weighted by atomic mass is 9.90. The van der Waals surface area contributed by atoms with Gasteiger partial charge in [0.1, 0.15) is 30.1 Å². The molecule has 2 rings (SSSR count). The molecule has 2 amide bonds. The molecule has 35 heavy (non-hydrogen) atoms. The van der Waals surface area contributed by atoms with Crippen LogP contribution in [-0.4, -0.2) is 35.5 Å². The minimum atomic E-state index is -0.951. The molecule has 0 aliphatic rings. The van der Waals surface area contributed by atoms with Crippen molar-refractivity contribution in [3.63, 3.8) is 0 Å². The van der Waals surface area contributed by atoms with Gasteiger partial charge in [-0.1, -0.05) is 30.7 Å². The SMILES string of the molecule is CC(=C\C(=O)NO)/C=C(\C)[C@@H](C)[C@H](OC(=O)Nc1ccc(F)cc1F)c1ccc(OCCO)cc1. The summed E-state index contributed by atoms with van der Waals surface area (Å²) in [7, 11) is 0. The Morgan fingerprint density at radius 3 is 2.37 bits per heavy atom. The number of aliphatic hydroxyl groups is 1. The van der Waals surface area contributed by atoms with Gasteiger partial charge in [0.25, 0.3) is 5.91 Å². The minimum Gasteiger partial charge on any atom is -0.491 e. The lowest BCUT2D eigenvalue weighted by molar-refractivity contribution is -0.124. The highest BCUT2D eigenvalue weighted by Crippen LogP contribution is 2.33. The van der Waals surface area contributed by atoms with Crippen molar-refractivity contribution in [2.24, 2.45) is 5.92 Å². The van der Waals surface area contributed by atoms with Crippen molar-refractivity contribution < 1.29 is 38.2 Å². The maximum atomic E-state index is 14.0. The quantitative estimate of drug-likeness (QED) is 0.167. The van der Waals surface area contributed by atoms with E-state index in [4.69, 9.17) is 19.8 Å². The highest BCUT2D eigenvalue weighted by Gasteiger charge is 2.26. The number of hydrogen-bond donors (Lipinski definition) is 4. The zero-order chi connectivity index (χ0) is 26.0. The fraction of sp³-hybridized carbons (Fsp3) is 0.280. The van der Waals surface area contributed by atoms with Gasteiger partial charge in [0.15, 0.2) is 0 Å². The van der Waals surface area contributed by atoms with Gasteiger partial charge in [-0.05, 0) is 49.2 Å². The van der Waals surface area contributed by atoms with Gasteiger partial charge in [0.2, 0.25) is 0 Å². The number of allylic oxidation sites excluding steroid dienone is 2. The molecule has 0 spiro atoms. The Kier molecular flexibility index (Phi) is 10.4. The molecule has 0 unspecified atom stereocenters. The Hall–Kier alpha value is -3.76. The number of ether oxygens (including phenoxy) is 2. The van der Waals surface area contributed by atoms with Crippen LogP contribution in [0, 0.1) is 17.6 Å². The summed E-state index contributed by atoms with van der Waals surface area (Å²) in [6.07, 6.45) is 1.12. The number of nitrogens with one attached hydrogen (secondary N) is 2. The summed E-state index contributed by atoms with van der Waals surface area (Å²) in [6.45, 7) is 5.23. The number of halogens is 2. The largest absolute Gasteiger partial charge is 0.491 e. The topological polar surface area (TPSA) is 117 Å². The molecule has 0 bridgehead atoms. The fourth-order valence-electron chi connectivity index (χ4n) is 3.23. The second kappa shape index (κ2) is 13.2. The van der Waals surface area contributed by atoms with E-state index in [1.54, 1.807) is 51.1 Å². The molecule has 2 aromatic rings. The molecular formula is C25H28F2N2O6. The van der Waals surface area contributed by atoms with Crippen molar-refractivity contribution in [2.75, 3.05) is 18.5 Å². The van der Waals surface area contributed by atoms with E-state index in [2.05, 4.69) is 5.32 Å². The number of rotatable bonds is 10. The van der Waals surface area contributed by atoms with Crippen molar-refractivity contribution in [3.05, 3.63) is 83.0 Å². The predicted molar refractivity (Wildman–Crippen MR) is 125 cm³/mol. The third-order valence-electron chi connectivity index (χ3n) is 5.07. The lowest BCUT2D eigenvalue weighted by Crippen LogP contribution is -2.23. The van der Waals surface area contributed by atoms with Crippen LogP contribution in [0.1, 0.15) is 32.4 Å². The Labute approximate surface area is 201 Å². The Morgan fingerprint density at radius 1 is 1.09 bits per heavy atom. The standard InChI is InChI=1S/C25H28F2N2O6/c1-15(13-23(31)29-33)12-16(2)17(3)24(18-4-7-20(8-5-18)34-11-10-30)35-25(32)28-22-9-6-19(26)14-21(22)27/h4-9,12-14,17,24,30,33H,10-11H2,1-3H3,(H,28,32)(H,29,31)/b15-13+,16-12+/t17-,24+/m1/s1. The monoisotopic (exact) mass is 490 g/mol. The van der Waals surface area contributed by atoms with Crippen LogP contribution < -0.4 is 15.5 Å². The number of carbonyl (C=O) groups is 2. The summed E-state index contributed by atoms with van der Waals surface area (Å²) >= 11 is 0. The third-order valence-corrected chi connectivity index (χ3v) is 5.07. The average Bonchev–Trinajstić information content (AvgIpc) is 2.82. The summed E-state index contributed by atoms with van der Waals surface area (Å²) in [5.41, 5.74) is 3.18. The average molecular weight is 491 g/mol. The van der Waals surface area contributed by atoms with E-state index in [1.165, 1.54) is 11.6 Å². The number of aliphatic hydroxyl groups excluding tert-OH is 1. The Morgan fingerprint density at radius 2 is 1.77 bits per heavy atom. The molecule has 4 N–H and O–H groups in total. The van der Waals surface area contributed by atoms with Crippen molar-refractivity contribution in [2.45, 2.75) is 26.9 Å². The number of hydroxylamine groups is 1. The lowest BCUT2D eigenvalue weighted by Gasteiger charge is -2.26. The van der Waals surface area contributed by atoms with Crippen molar-refractivity contribution in [1.29, 1.82) is 0 Å². The molecule has 2 atom stereocenters. The van der Waals surface area contributed by atoms with Crippen LogP contribution in [0.3, 0.4) is 0 Å². The van der Waals surface area contributed by atoms with Gasteiger partial charge in [-0.2, -0.15) is 0 Å². The van der Waals surface area contributed by atoms with Crippen LogP contribution >= 0.6 is 0 Å². The molecule has 0 saturated carbocycles. The van der Waals surface area contributed by atoms with E-state index in [0.29, 0.717) is 23.0 Å².